The first-order valence-electron chi connectivity index (χ1n) is 7.98. The molecule has 24 heavy (non-hydrogen) atoms. The van der Waals surface area contributed by atoms with E-state index in [-0.39, 0.29) is 5.70 Å². The highest BCUT2D eigenvalue weighted by Crippen LogP contribution is 2.23. The van der Waals surface area contributed by atoms with Crippen LogP contribution in [0, 0.1) is 0 Å². The Kier molecular flexibility index (Phi) is 6.37. The number of amides is 2. The second-order valence-corrected chi connectivity index (χ2v) is 5.39. The summed E-state index contributed by atoms with van der Waals surface area (Å²) < 4.78 is 5.71. The Morgan fingerprint density at radius 2 is 1.92 bits per heavy atom. The molecule has 2 N–H and O–H groups in total. The van der Waals surface area contributed by atoms with Gasteiger partial charge in [0.1, 0.15) is 5.75 Å². The van der Waals surface area contributed by atoms with Crippen molar-refractivity contribution in [2.24, 2.45) is 0 Å². The number of nitrogens with one attached hydrogen (secondary N) is 2. The van der Waals surface area contributed by atoms with Gasteiger partial charge in [0.2, 0.25) is 0 Å². The number of fused-ring (bicyclic) bond motifs is 1. The van der Waals surface area contributed by atoms with Gasteiger partial charge in [-0.25, -0.2) is 4.79 Å². The molecule has 2 rings (SSSR count). The Morgan fingerprint density at radius 1 is 1.17 bits per heavy atom. The van der Waals surface area contributed by atoms with Crippen molar-refractivity contribution in [1.82, 2.24) is 10.6 Å². The molecular weight excluding hydrogens is 304 g/mol. The van der Waals surface area contributed by atoms with E-state index in [9.17, 15) is 9.59 Å². The molecule has 0 atom stereocenters. The van der Waals surface area contributed by atoms with Crippen molar-refractivity contribution in [3.05, 3.63) is 47.7 Å². The van der Waals surface area contributed by atoms with Crippen LogP contribution in [0.1, 0.15) is 25.3 Å². The van der Waals surface area contributed by atoms with Gasteiger partial charge in [0.05, 0.1) is 12.3 Å². The Balaban J connectivity index is 2.20. The molecule has 0 aliphatic rings. The number of allylic oxidation sites excluding steroid dienone is 1. The third-order valence-corrected chi connectivity index (χ3v) is 3.54. The van der Waals surface area contributed by atoms with Crippen LogP contribution in [0.3, 0.4) is 0 Å². The van der Waals surface area contributed by atoms with E-state index in [1.54, 1.807) is 6.08 Å². The van der Waals surface area contributed by atoms with Gasteiger partial charge in [-0.15, -0.1) is 0 Å². The van der Waals surface area contributed by atoms with E-state index in [1.807, 2.05) is 36.4 Å². The zero-order valence-corrected chi connectivity index (χ0v) is 14.0. The lowest BCUT2D eigenvalue weighted by Gasteiger charge is -2.07. The maximum atomic E-state index is 11.3. The fourth-order valence-electron chi connectivity index (χ4n) is 2.23. The van der Waals surface area contributed by atoms with Gasteiger partial charge >= 0.3 is 6.03 Å². The van der Waals surface area contributed by atoms with Crippen molar-refractivity contribution >= 4 is 29.2 Å². The van der Waals surface area contributed by atoms with E-state index in [2.05, 4.69) is 17.6 Å². The second-order valence-electron chi connectivity index (χ2n) is 5.39. The molecule has 0 aliphatic heterocycles. The van der Waals surface area contributed by atoms with E-state index >= 15 is 0 Å². The summed E-state index contributed by atoms with van der Waals surface area (Å²) in [4.78, 5) is 22.4. The van der Waals surface area contributed by atoms with Gasteiger partial charge in [-0.2, -0.15) is 0 Å². The predicted octanol–water partition coefficient (Wildman–Crippen LogP) is 3.49. The number of ether oxygens (including phenoxy) is 1. The van der Waals surface area contributed by atoms with Crippen LogP contribution in [0.5, 0.6) is 5.75 Å². The molecule has 0 unspecified atom stereocenters. The second kappa shape index (κ2) is 8.72. The first-order valence-corrected chi connectivity index (χ1v) is 7.98. The molecule has 0 saturated heterocycles. The summed E-state index contributed by atoms with van der Waals surface area (Å²) in [5.74, 6) is 0.856. The number of hydrogen-bond acceptors (Lipinski definition) is 3. The number of unbranched alkanes of at least 4 members (excludes halogenated alkanes) is 1. The number of aldehydes is 1. The molecule has 0 aromatic heterocycles. The summed E-state index contributed by atoms with van der Waals surface area (Å²) in [5, 5.41) is 6.98. The third kappa shape index (κ3) is 4.84. The summed E-state index contributed by atoms with van der Waals surface area (Å²) >= 11 is 0. The fraction of sp³-hybridized carbons (Fsp3) is 0.263. The minimum atomic E-state index is -0.428. The lowest BCUT2D eigenvalue weighted by Crippen LogP contribution is -2.32. The van der Waals surface area contributed by atoms with E-state index in [0.29, 0.717) is 6.29 Å². The molecule has 2 aromatic rings. The average molecular weight is 326 g/mol. The van der Waals surface area contributed by atoms with E-state index < -0.39 is 6.03 Å². The van der Waals surface area contributed by atoms with Gasteiger partial charge in [0.15, 0.2) is 6.29 Å². The van der Waals surface area contributed by atoms with Crippen LogP contribution in [-0.4, -0.2) is 26.0 Å². The Morgan fingerprint density at radius 3 is 2.62 bits per heavy atom. The largest absolute Gasteiger partial charge is 0.494 e. The molecule has 2 aromatic carbocycles. The SMILES string of the molecule is CCCCOc1ccc2cc(/C=C(/C=O)NC(=O)NC)ccc2c1. The van der Waals surface area contributed by atoms with Crippen LogP contribution in [0.2, 0.25) is 0 Å². The molecular formula is C19H22N2O3. The molecule has 0 bridgehead atoms. The first kappa shape index (κ1) is 17.5. The summed E-state index contributed by atoms with van der Waals surface area (Å²) in [6.45, 7) is 2.85. The smallest absolute Gasteiger partial charge is 0.319 e. The summed E-state index contributed by atoms with van der Waals surface area (Å²) in [6.07, 6.45) is 4.39. The van der Waals surface area contributed by atoms with Crippen LogP contribution in [-0.2, 0) is 4.79 Å². The maximum Gasteiger partial charge on any atom is 0.319 e. The summed E-state index contributed by atoms with van der Waals surface area (Å²) in [5.41, 5.74) is 1.04. The average Bonchev–Trinajstić information content (AvgIpc) is 2.61. The molecule has 0 heterocycles. The van der Waals surface area contributed by atoms with Crippen LogP contribution < -0.4 is 15.4 Å². The lowest BCUT2D eigenvalue weighted by molar-refractivity contribution is -0.105. The van der Waals surface area contributed by atoms with Crippen molar-refractivity contribution in [3.63, 3.8) is 0 Å². The molecule has 0 spiro atoms. The minimum Gasteiger partial charge on any atom is -0.494 e. The van der Waals surface area contributed by atoms with Gasteiger partial charge in [-0.3, -0.25) is 4.79 Å². The van der Waals surface area contributed by atoms with E-state index in [4.69, 9.17) is 4.74 Å². The molecule has 0 radical (unpaired) electrons. The lowest BCUT2D eigenvalue weighted by atomic mass is 10.1. The highest BCUT2D eigenvalue weighted by atomic mass is 16.5. The van der Waals surface area contributed by atoms with Crippen molar-refractivity contribution in [2.75, 3.05) is 13.7 Å². The Bertz CT molecular complexity index is 753. The van der Waals surface area contributed by atoms with Crippen LogP contribution >= 0.6 is 0 Å². The normalized spacial score (nSPS) is 11.2. The van der Waals surface area contributed by atoms with Crippen molar-refractivity contribution in [1.29, 1.82) is 0 Å². The highest BCUT2D eigenvalue weighted by molar-refractivity contribution is 5.91. The molecule has 0 aliphatic carbocycles. The van der Waals surface area contributed by atoms with Gasteiger partial charge in [0, 0.05) is 7.05 Å². The van der Waals surface area contributed by atoms with E-state index in [1.165, 1.54) is 7.05 Å². The molecule has 2 amide bonds. The van der Waals surface area contributed by atoms with E-state index in [0.717, 1.165) is 41.5 Å². The third-order valence-electron chi connectivity index (χ3n) is 3.54. The monoisotopic (exact) mass is 326 g/mol. The molecule has 5 nitrogen and oxygen atoms in total. The minimum absolute atomic E-state index is 0.202. The number of urea groups is 1. The molecule has 0 saturated carbocycles. The Labute approximate surface area is 141 Å². The molecule has 5 heteroatoms. The molecule has 126 valence electrons. The van der Waals surface area contributed by atoms with Crippen molar-refractivity contribution in [2.45, 2.75) is 19.8 Å². The number of benzene rings is 2. The number of carbonyl (C=O) groups excluding carboxylic acids is 2. The molecule has 0 fully saturated rings. The summed E-state index contributed by atoms with van der Waals surface area (Å²) in [7, 11) is 1.49. The summed E-state index contributed by atoms with van der Waals surface area (Å²) in [6, 6.07) is 11.3. The zero-order valence-electron chi connectivity index (χ0n) is 14.0. The number of hydrogen-bond donors (Lipinski definition) is 2. The van der Waals surface area contributed by atoms with Gasteiger partial charge < -0.3 is 15.4 Å². The zero-order chi connectivity index (χ0) is 17.4. The van der Waals surface area contributed by atoms with Gasteiger partial charge in [-0.05, 0) is 47.0 Å². The first-order chi connectivity index (χ1) is 11.7. The highest BCUT2D eigenvalue weighted by Gasteiger charge is 2.03. The van der Waals surface area contributed by atoms with Crippen molar-refractivity contribution in [3.8, 4) is 5.75 Å². The van der Waals surface area contributed by atoms with Crippen molar-refractivity contribution < 1.29 is 14.3 Å². The van der Waals surface area contributed by atoms with Crippen LogP contribution in [0.4, 0.5) is 4.79 Å². The topological polar surface area (TPSA) is 67.4 Å². The maximum absolute atomic E-state index is 11.3. The quantitative estimate of drug-likeness (QED) is 0.465. The number of rotatable bonds is 7. The number of carbonyl (C=O) groups is 2. The predicted molar refractivity (Wildman–Crippen MR) is 96.0 cm³/mol. The van der Waals surface area contributed by atoms with Crippen LogP contribution in [0.25, 0.3) is 16.8 Å². The standard InChI is InChI=1S/C19H22N2O3/c1-3-4-9-24-18-8-7-15-10-14(5-6-16(15)12-18)11-17(13-22)21-19(23)20-2/h5-8,10-13H,3-4,9H2,1-2H3,(H2,20,21,23)/b17-11-. The van der Waals surface area contributed by atoms with Gasteiger partial charge in [-0.1, -0.05) is 31.5 Å². The van der Waals surface area contributed by atoms with Gasteiger partial charge in [0.25, 0.3) is 0 Å². The fourth-order valence-corrected chi connectivity index (χ4v) is 2.23. The Hall–Kier alpha value is -2.82. The van der Waals surface area contributed by atoms with Crippen LogP contribution in [0.15, 0.2) is 42.1 Å².